The number of aromatic nitrogens is 1. The lowest BCUT2D eigenvalue weighted by Gasteiger charge is -2.35. The maximum Gasteiger partial charge on any atom is 0.180 e. The molecule has 0 aliphatic carbocycles. The molecule has 2 aliphatic rings. The van der Waals surface area contributed by atoms with E-state index < -0.39 is 0 Å². The molecule has 3 heterocycles. The molecule has 0 spiro atoms. The quantitative estimate of drug-likeness (QED) is 0.709. The number of hydrogen-bond donors (Lipinski definition) is 0. The second-order valence-electron chi connectivity index (χ2n) is 7.34. The van der Waals surface area contributed by atoms with Gasteiger partial charge in [0.15, 0.2) is 6.39 Å². The first-order valence-corrected chi connectivity index (χ1v) is 9.79. The topological polar surface area (TPSA) is 47.7 Å². The van der Waals surface area contributed by atoms with Crippen LogP contribution >= 0.6 is 0 Å². The van der Waals surface area contributed by atoms with Crippen molar-refractivity contribution in [3.05, 3.63) is 48.2 Å². The standard InChI is InChI=1S/C21H28N2O3/c1-2-11-23(10-1)12-3-13-25-19-6-4-18(5-7-19)21(8-14-24-15-9-21)20-16-22-17-26-20/h4-7,16-17H,1-3,8-15H2. The molecule has 0 unspecified atom stereocenters. The molecule has 2 aliphatic heterocycles. The van der Waals surface area contributed by atoms with Crippen LogP contribution in [0, 0.1) is 0 Å². The van der Waals surface area contributed by atoms with Gasteiger partial charge >= 0.3 is 0 Å². The van der Waals surface area contributed by atoms with E-state index in [1.54, 1.807) is 0 Å². The highest BCUT2D eigenvalue weighted by Crippen LogP contribution is 2.41. The third-order valence-corrected chi connectivity index (χ3v) is 5.74. The molecule has 2 aromatic rings. The van der Waals surface area contributed by atoms with Crippen molar-refractivity contribution in [2.75, 3.05) is 39.5 Å². The van der Waals surface area contributed by atoms with Gasteiger partial charge in [-0.25, -0.2) is 4.98 Å². The predicted molar refractivity (Wildman–Crippen MR) is 99.6 cm³/mol. The highest BCUT2D eigenvalue weighted by molar-refractivity contribution is 5.38. The van der Waals surface area contributed by atoms with E-state index in [0.29, 0.717) is 0 Å². The molecule has 1 aromatic heterocycles. The largest absolute Gasteiger partial charge is 0.494 e. The Kier molecular flexibility index (Phi) is 5.56. The van der Waals surface area contributed by atoms with Crippen molar-refractivity contribution >= 4 is 0 Å². The Balaban J connectivity index is 1.38. The summed E-state index contributed by atoms with van der Waals surface area (Å²) in [7, 11) is 0. The van der Waals surface area contributed by atoms with Crippen LogP contribution in [0.15, 0.2) is 41.3 Å². The summed E-state index contributed by atoms with van der Waals surface area (Å²) in [6.45, 7) is 5.92. The number of ether oxygens (including phenoxy) is 2. The van der Waals surface area contributed by atoms with E-state index in [0.717, 1.165) is 57.1 Å². The molecule has 0 saturated carbocycles. The molecular weight excluding hydrogens is 328 g/mol. The minimum absolute atomic E-state index is 0.136. The molecule has 0 N–H and O–H groups in total. The van der Waals surface area contributed by atoms with E-state index in [-0.39, 0.29) is 5.41 Å². The van der Waals surface area contributed by atoms with E-state index in [9.17, 15) is 0 Å². The first kappa shape index (κ1) is 17.6. The highest BCUT2D eigenvalue weighted by atomic mass is 16.5. The fraction of sp³-hybridized carbons (Fsp3) is 0.571. The number of benzene rings is 1. The summed E-state index contributed by atoms with van der Waals surface area (Å²) >= 11 is 0. The Labute approximate surface area is 155 Å². The molecule has 0 radical (unpaired) electrons. The molecule has 4 rings (SSSR count). The number of rotatable bonds is 7. The van der Waals surface area contributed by atoms with Gasteiger partial charge in [0.05, 0.1) is 18.2 Å². The van der Waals surface area contributed by atoms with Gasteiger partial charge in [0.25, 0.3) is 0 Å². The first-order chi connectivity index (χ1) is 12.9. The van der Waals surface area contributed by atoms with Gasteiger partial charge in [-0.15, -0.1) is 0 Å². The number of likely N-dealkylation sites (tertiary alicyclic amines) is 1. The van der Waals surface area contributed by atoms with Crippen LogP contribution in [0.25, 0.3) is 0 Å². The minimum atomic E-state index is -0.136. The summed E-state index contributed by atoms with van der Waals surface area (Å²) < 4.78 is 17.2. The maximum absolute atomic E-state index is 5.94. The summed E-state index contributed by atoms with van der Waals surface area (Å²) in [6.07, 6.45) is 8.97. The fourth-order valence-corrected chi connectivity index (χ4v) is 4.20. The van der Waals surface area contributed by atoms with Crippen LogP contribution in [0.4, 0.5) is 0 Å². The van der Waals surface area contributed by atoms with Crippen LogP contribution in [-0.2, 0) is 10.2 Å². The fourth-order valence-electron chi connectivity index (χ4n) is 4.20. The molecule has 5 heteroatoms. The minimum Gasteiger partial charge on any atom is -0.494 e. The van der Waals surface area contributed by atoms with Crippen LogP contribution < -0.4 is 4.74 Å². The number of hydrogen-bond acceptors (Lipinski definition) is 5. The van der Waals surface area contributed by atoms with E-state index >= 15 is 0 Å². The Morgan fingerprint density at radius 1 is 1.08 bits per heavy atom. The molecule has 0 amide bonds. The van der Waals surface area contributed by atoms with Crippen LogP contribution in [0.3, 0.4) is 0 Å². The van der Waals surface area contributed by atoms with Crippen molar-refractivity contribution in [2.45, 2.75) is 37.5 Å². The first-order valence-electron chi connectivity index (χ1n) is 9.79. The lowest BCUT2D eigenvalue weighted by Crippen LogP contribution is -2.34. The Morgan fingerprint density at radius 2 is 1.85 bits per heavy atom. The number of nitrogens with zero attached hydrogens (tertiary/aromatic N) is 2. The molecule has 0 bridgehead atoms. The third-order valence-electron chi connectivity index (χ3n) is 5.74. The molecule has 2 saturated heterocycles. The van der Waals surface area contributed by atoms with Crippen LogP contribution in [-0.4, -0.2) is 49.3 Å². The maximum atomic E-state index is 5.94. The monoisotopic (exact) mass is 356 g/mol. The normalized spacial score (nSPS) is 20.3. The van der Waals surface area contributed by atoms with Gasteiger partial charge in [0.2, 0.25) is 0 Å². The van der Waals surface area contributed by atoms with Crippen molar-refractivity contribution in [1.29, 1.82) is 0 Å². The van der Waals surface area contributed by atoms with Crippen molar-refractivity contribution in [3.63, 3.8) is 0 Å². The van der Waals surface area contributed by atoms with Gasteiger partial charge in [-0.05, 0) is 62.9 Å². The molecule has 2 fully saturated rings. The van der Waals surface area contributed by atoms with Crippen molar-refractivity contribution < 1.29 is 13.9 Å². The summed E-state index contributed by atoms with van der Waals surface area (Å²) in [4.78, 5) is 6.66. The molecule has 1 aromatic carbocycles. The summed E-state index contributed by atoms with van der Waals surface area (Å²) in [5.41, 5.74) is 1.12. The molecule has 0 atom stereocenters. The zero-order valence-electron chi connectivity index (χ0n) is 15.4. The van der Waals surface area contributed by atoms with Gasteiger partial charge in [-0.2, -0.15) is 0 Å². The lowest BCUT2D eigenvalue weighted by molar-refractivity contribution is 0.0562. The third kappa shape index (κ3) is 3.79. The summed E-state index contributed by atoms with van der Waals surface area (Å²) in [5, 5.41) is 0. The lowest BCUT2D eigenvalue weighted by atomic mass is 9.72. The van der Waals surface area contributed by atoms with Gasteiger partial charge in [0, 0.05) is 19.8 Å². The molecule has 140 valence electrons. The van der Waals surface area contributed by atoms with Gasteiger partial charge in [0.1, 0.15) is 11.5 Å². The van der Waals surface area contributed by atoms with Gasteiger partial charge in [-0.1, -0.05) is 12.1 Å². The molecule has 26 heavy (non-hydrogen) atoms. The average Bonchev–Trinajstić information content (AvgIpc) is 3.40. The van der Waals surface area contributed by atoms with Crippen molar-refractivity contribution in [2.24, 2.45) is 0 Å². The zero-order valence-corrected chi connectivity index (χ0v) is 15.4. The Hall–Kier alpha value is -1.85. The molecule has 5 nitrogen and oxygen atoms in total. The van der Waals surface area contributed by atoms with E-state index in [4.69, 9.17) is 13.9 Å². The van der Waals surface area contributed by atoms with Gasteiger partial charge < -0.3 is 18.8 Å². The van der Waals surface area contributed by atoms with Crippen molar-refractivity contribution in [1.82, 2.24) is 9.88 Å². The van der Waals surface area contributed by atoms with Crippen LogP contribution in [0.5, 0.6) is 5.75 Å². The van der Waals surface area contributed by atoms with E-state index in [1.165, 1.54) is 37.9 Å². The predicted octanol–water partition coefficient (Wildman–Crippen LogP) is 3.64. The smallest absolute Gasteiger partial charge is 0.180 e. The molecular formula is C21H28N2O3. The summed E-state index contributed by atoms with van der Waals surface area (Å²) in [6, 6.07) is 8.50. The van der Waals surface area contributed by atoms with Crippen molar-refractivity contribution in [3.8, 4) is 5.75 Å². The average molecular weight is 356 g/mol. The SMILES string of the molecule is c1ncc(C2(c3ccc(OCCCN4CCCC4)cc3)CCOCC2)o1. The van der Waals surface area contributed by atoms with Crippen LogP contribution in [0.1, 0.15) is 43.4 Å². The van der Waals surface area contributed by atoms with Gasteiger partial charge in [-0.3, -0.25) is 0 Å². The number of oxazole rings is 1. The van der Waals surface area contributed by atoms with Crippen LogP contribution in [0.2, 0.25) is 0 Å². The highest BCUT2D eigenvalue weighted by Gasteiger charge is 2.39. The van der Waals surface area contributed by atoms with E-state index in [1.807, 2.05) is 6.20 Å². The summed E-state index contributed by atoms with van der Waals surface area (Å²) in [5.74, 6) is 1.87. The second kappa shape index (κ2) is 8.23. The zero-order chi connectivity index (χ0) is 17.7. The van der Waals surface area contributed by atoms with E-state index in [2.05, 4.69) is 34.1 Å². The Bertz CT molecular complexity index is 657. The Morgan fingerprint density at radius 3 is 2.54 bits per heavy atom. The second-order valence-corrected chi connectivity index (χ2v) is 7.34.